The second-order valence-electron chi connectivity index (χ2n) is 7.97. The van der Waals surface area contributed by atoms with Gasteiger partial charge in [0, 0.05) is 24.7 Å². The SMILES string of the molecule is CNC(=O)c1cccnc1Nc1cc(C(C)(C)C)nn1-c1cc(C)ccc1C. The van der Waals surface area contributed by atoms with Crippen molar-refractivity contribution in [3.05, 3.63) is 65.0 Å². The molecule has 1 aromatic carbocycles. The minimum absolute atomic E-state index is 0.118. The fourth-order valence-electron chi connectivity index (χ4n) is 2.91. The molecule has 0 aliphatic heterocycles. The molecule has 0 bridgehead atoms. The number of aromatic nitrogens is 3. The van der Waals surface area contributed by atoms with E-state index in [1.54, 1.807) is 25.4 Å². The number of rotatable bonds is 4. The van der Waals surface area contributed by atoms with Crippen LogP contribution in [-0.4, -0.2) is 27.7 Å². The minimum Gasteiger partial charge on any atom is -0.355 e. The van der Waals surface area contributed by atoms with Gasteiger partial charge < -0.3 is 10.6 Å². The third kappa shape index (κ3) is 3.91. The molecule has 0 saturated carbocycles. The summed E-state index contributed by atoms with van der Waals surface area (Å²) in [6, 6.07) is 11.8. The monoisotopic (exact) mass is 377 g/mol. The number of anilines is 2. The number of amides is 1. The second-order valence-corrected chi connectivity index (χ2v) is 7.97. The fraction of sp³-hybridized carbons (Fsp3) is 0.318. The van der Waals surface area contributed by atoms with Crippen molar-refractivity contribution in [3.63, 3.8) is 0 Å². The minimum atomic E-state index is -0.190. The highest BCUT2D eigenvalue weighted by molar-refractivity contribution is 5.99. The van der Waals surface area contributed by atoms with Crippen molar-refractivity contribution in [2.75, 3.05) is 12.4 Å². The van der Waals surface area contributed by atoms with Crippen LogP contribution in [0.4, 0.5) is 11.6 Å². The van der Waals surface area contributed by atoms with Crippen molar-refractivity contribution in [1.29, 1.82) is 0 Å². The topological polar surface area (TPSA) is 71.8 Å². The first kappa shape index (κ1) is 19.6. The number of benzene rings is 1. The Morgan fingerprint density at radius 2 is 1.86 bits per heavy atom. The van der Waals surface area contributed by atoms with Crippen LogP contribution >= 0.6 is 0 Å². The van der Waals surface area contributed by atoms with Crippen LogP contribution in [-0.2, 0) is 5.41 Å². The molecule has 28 heavy (non-hydrogen) atoms. The molecule has 0 fully saturated rings. The van der Waals surface area contributed by atoms with Crippen LogP contribution in [0.15, 0.2) is 42.6 Å². The Morgan fingerprint density at radius 3 is 2.54 bits per heavy atom. The molecule has 3 rings (SSSR count). The number of hydrogen-bond donors (Lipinski definition) is 2. The van der Waals surface area contributed by atoms with E-state index < -0.39 is 0 Å². The summed E-state index contributed by atoms with van der Waals surface area (Å²) in [6.07, 6.45) is 1.66. The molecule has 0 saturated heterocycles. The number of nitrogens with one attached hydrogen (secondary N) is 2. The van der Waals surface area contributed by atoms with Crippen LogP contribution in [0.1, 0.15) is 48.0 Å². The average molecular weight is 377 g/mol. The Hall–Kier alpha value is -3.15. The number of hydrogen-bond acceptors (Lipinski definition) is 4. The third-order valence-corrected chi connectivity index (χ3v) is 4.60. The van der Waals surface area contributed by atoms with E-state index in [2.05, 4.69) is 68.4 Å². The van der Waals surface area contributed by atoms with E-state index in [4.69, 9.17) is 5.10 Å². The first-order valence-corrected chi connectivity index (χ1v) is 9.33. The fourth-order valence-corrected chi connectivity index (χ4v) is 2.91. The molecule has 0 unspecified atom stereocenters. The standard InChI is InChI=1S/C22H27N5O/c1-14-9-10-15(2)17(12-14)27-19(13-18(26-27)22(3,4)5)25-20-16(21(28)23-6)8-7-11-24-20/h7-13H,1-6H3,(H,23,28)(H,24,25). The summed E-state index contributed by atoms with van der Waals surface area (Å²) < 4.78 is 1.89. The number of aryl methyl sites for hydroxylation is 2. The normalized spacial score (nSPS) is 11.4. The van der Waals surface area contributed by atoms with Gasteiger partial charge in [0.25, 0.3) is 5.91 Å². The predicted octanol–water partition coefficient (Wildman–Crippen LogP) is 4.28. The van der Waals surface area contributed by atoms with Gasteiger partial charge in [-0.05, 0) is 43.2 Å². The summed E-state index contributed by atoms with van der Waals surface area (Å²) in [5, 5.41) is 10.9. The van der Waals surface area contributed by atoms with Crippen LogP contribution in [0.3, 0.4) is 0 Å². The molecule has 0 aliphatic rings. The van der Waals surface area contributed by atoms with E-state index in [0.29, 0.717) is 11.4 Å². The first-order chi connectivity index (χ1) is 13.2. The lowest BCUT2D eigenvalue weighted by atomic mass is 9.92. The summed E-state index contributed by atoms with van der Waals surface area (Å²) in [6.45, 7) is 10.5. The van der Waals surface area contributed by atoms with Gasteiger partial charge in [-0.3, -0.25) is 4.79 Å². The number of carbonyl (C=O) groups is 1. The molecule has 0 radical (unpaired) electrons. The van der Waals surface area contributed by atoms with E-state index in [0.717, 1.165) is 28.3 Å². The maximum Gasteiger partial charge on any atom is 0.254 e. The Kier molecular flexibility index (Phi) is 5.23. The van der Waals surface area contributed by atoms with E-state index in [1.165, 1.54) is 0 Å². The molecule has 6 heteroatoms. The highest BCUT2D eigenvalue weighted by atomic mass is 16.1. The number of pyridine rings is 1. The third-order valence-electron chi connectivity index (χ3n) is 4.60. The van der Waals surface area contributed by atoms with Gasteiger partial charge in [-0.25, -0.2) is 9.67 Å². The molecule has 0 spiro atoms. The average Bonchev–Trinajstić information content (AvgIpc) is 3.07. The second kappa shape index (κ2) is 7.46. The molecule has 2 N–H and O–H groups in total. The highest BCUT2D eigenvalue weighted by Gasteiger charge is 2.22. The molecule has 3 aromatic rings. The van der Waals surface area contributed by atoms with Gasteiger partial charge in [-0.1, -0.05) is 32.9 Å². The zero-order valence-electron chi connectivity index (χ0n) is 17.3. The molecule has 0 aliphatic carbocycles. The smallest absolute Gasteiger partial charge is 0.254 e. The number of nitrogens with zero attached hydrogens (tertiary/aromatic N) is 3. The van der Waals surface area contributed by atoms with Crippen molar-refractivity contribution in [3.8, 4) is 5.69 Å². The molecule has 2 heterocycles. The van der Waals surface area contributed by atoms with Gasteiger partial charge in [-0.2, -0.15) is 5.10 Å². The molecule has 0 atom stereocenters. The summed E-state index contributed by atoms with van der Waals surface area (Å²) >= 11 is 0. The van der Waals surface area contributed by atoms with E-state index in [-0.39, 0.29) is 11.3 Å². The first-order valence-electron chi connectivity index (χ1n) is 9.33. The number of carbonyl (C=O) groups excluding carboxylic acids is 1. The molecular formula is C22H27N5O. The molecule has 2 aromatic heterocycles. The van der Waals surface area contributed by atoms with Crippen LogP contribution in [0, 0.1) is 13.8 Å². The summed E-state index contributed by atoms with van der Waals surface area (Å²) in [5.41, 5.74) is 4.58. The highest BCUT2D eigenvalue weighted by Crippen LogP contribution is 2.30. The molecular weight excluding hydrogens is 350 g/mol. The Labute approximate surface area is 166 Å². The maximum atomic E-state index is 12.2. The summed E-state index contributed by atoms with van der Waals surface area (Å²) in [7, 11) is 1.61. The quantitative estimate of drug-likeness (QED) is 0.712. The van der Waals surface area contributed by atoms with Crippen molar-refractivity contribution in [1.82, 2.24) is 20.1 Å². The van der Waals surface area contributed by atoms with Gasteiger partial charge in [0.15, 0.2) is 0 Å². The predicted molar refractivity (Wildman–Crippen MR) is 113 cm³/mol. The van der Waals surface area contributed by atoms with Crippen LogP contribution in [0.25, 0.3) is 5.69 Å². The Balaban J connectivity index is 2.15. The van der Waals surface area contributed by atoms with Gasteiger partial charge in [0.05, 0.1) is 16.9 Å². The molecule has 1 amide bonds. The van der Waals surface area contributed by atoms with Crippen LogP contribution in [0.5, 0.6) is 0 Å². The largest absolute Gasteiger partial charge is 0.355 e. The lowest BCUT2D eigenvalue weighted by Crippen LogP contribution is -2.20. The van der Waals surface area contributed by atoms with E-state index in [1.807, 2.05) is 10.7 Å². The lowest BCUT2D eigenvalue weighted by molar-refractivity contribution is 0.0963. The maximum absolute atomic E-state index is 12.2. The zero-order chi connectivity index (χ0) is 20.5. The van der Waals surface area contributed by atoms with Crippen molar-refractivity contribution in [2.45, 2.75) is 40.0 Å². The zero-order valence-corrected chi connectivity index (χ0v) is 17.3. The van der Waals surface area contributed by atoms with Crippen LogP contribution in [0.2, 0.25) is 0 Å². The van der Waals surface area contributed by atoms with Crippen molar-refractivity contribution >= 4 is 17.5 Å². The molecule has 6 nitrogen and oxygen atoms in total. The Morgan fingerprint density at radius 1 is 1.11 bits per heavy atom. The molecule has 146 valence electrons. The van der Waals surface area contributed by atoms with Gasteiger partial charge in [-0.15, -0.1) is 0 Å². The van der Waals surface area contributed by atoms with Crippen molar-refractivity contribution in [2.24, 2.45) is 0 Å². The van der Waals surface area contributed by atoms with Crippen molar-refractivity contribution < 1.29 is 4.79 Å². The van der Waals surface area contributed by atoms with E-state index in [9.17, 15) is 4.79 Å². The Bertz CT molecular complexity index is 1010. The lowest BCUT2D eigenvalue weighted by Gasteiger charge is -2.15. The van der Waals surface area contributed by atoms with Gasteiger partial charge in [0.2, 0.25) is 0 Å². The van der Waals surface area contributed by atoms with Gasteiger partial charge in [0.1, 0.15) is 11.6 Å². The summed E-state index contributed by atoms with van der Waals surface area (Å²) in [5.74, 6) is 1.07. The van der Waals surface area contributed by atoms with Gasteiger partial charge >= 0.3 is 0 Å². The van der Waals surface area contributed by atoms with E-state index >= 15 is 0 Å². The van der Waals surface area contributed by atoms with Crippen LogP contribution < -0.4 is 10.6 Å². The summed E-state index contributed by atoms with van der Waals surface area (Å²) in [4.78, 5) is 16.6.